The van der Waals surface area contributed by atoms with Gasteiger partial charge in [0.2, 0.25) is 0 Å². The average Bonchev–Trinajstić information content (AvgIpc) is 3.47. The van der Waals surface area contributed by atoms with Crippen LogP contribution in [0.3, 0.4) is 0 Å². The van der Waals surface area contributed by atoms with Crippen LogP contribution in [-0.2, 0) is 6.61 Å². The first-order valence-electron chi connectivity index (χ1n) is 13.9. The molecule has 0 radical (unpaired) electrons. The number of halogens is 1. The molecule has 40 heavy (non-hydrogen) atoms. The zero-order chi connectivity index (χ0) is 27.5. The zero-order valence-electron chi connectivity index (χ0n) is 22.8. The van der Waals surface area contributed by atoms with Gasteiger partial charge in [0.05, 0.1) is 23.4 Å². The normalized spacial score (nSPS) is 19.2. The fraction of sp³-hybridized carbons (Fsp3) is 0.229. The van der Waals surface area contributed by atoms with Gasteiger partial charge in [-0.1, -0.05) is 83.9 Å². The second kappa shape index (κ2) is 11.6. The third-order valence-corrected chi connectivity index (χ3v) is 7.97. The van der Waals surface area contributed by atoms with Gasteiger partial charge in [0.1, 0.15) is 6.61 Å². The Hall–Kier alpha value is -4.02. The number of rotatable bonds is 8. The molecular formula is C35H33ClN2O2. The van der Waals surface area contributed by atoms with Crippen LogP contribution in [0.2, 0.25) is 5.02 Å². The van der Waals surface area contributed by atoms with E-state index in [4.69, 9.17) is 26.1 Å². The molecule has 2 aliphatic rings. The van der Waals surface area contributed by atoms with Crippen molar-refractivity contribution in [2.75, 3.05) is 11.9 Å². The summed E-state index contributed by atoms with van der Waals surface area (Å²) in [5.41, 5.74) is 8.05. The lowest BCUT2D eigenvalue weighted by molar-refractivity contribution is 0.269. The fourth-order valence-corrected chi connectivity index (χ4v) is 6.03. The monoisotopic (exact) mass is 548 g/mol. The molecule has 1 aliphatic carbocycles. The second-order valence-corrected chi connectivity index (χ2v) is 10.9. The number of fused-ring (bicyclic) bond motifs is 3. The Morgan fingerprint density at radius 3 is 2.60 bits per heavy atom. The number of hydrogen-bond donors (Lipinski definition) is 1. The maximum Gasteiger partial charge on any atom is 0.180 e. The number of allylic oxidation sites excluding steroid dienone is 2. The molecule has 0 spiro atoms. The van der Waals surface area contributed by atoms with Crippen molar-refractivity contribution in [1.29, 1.82) is 0 Å². The van der Waals surface area contributed by atoms with Gasteiger partial charge in [-0.05, 0) is 78.8 Å². The lowest BCUT2D eigenvalue weighted by Gasteiger charge is -2.37. The summed E-state index contributed by atoms with van der Waals surface area (Å²) in [5.74, 6) is 2.14. The van der Waals surface area contributed by atoms with Crippen molar-refractivity contribution in [3.8, 4) is 11.5 Å². The summed E-state index contributed by atoms with van der Waals surface area (Å²) in [7, 11) is 0. The molecule has 4 nitrogen and oxygen atoms in total. The highest BCUT2D eigenvalue weighted by Gasteiger charge is 2.37. The van der Waals surface area contributed by atoms with E-state index in [1.807, 2.05) is 55.6 Å². The van der Waals surface area contributed by atoms with Crippen LogP contribution >= 0.6 is 11.6 Å². The number of nitrogens with one attached hydrogen (secondary N) is 1. The molecule has 4 aromatic carbocycles. The summed E-state index contributed by atoms with van der Waals surface area (Å²) < 4.78 is 11.9. The molecule has 3 atom stereocenters. The number of anilines is 1. The Kier molecular flexibility index (Phi) is 7.61. The minimum atomic E-state index is 0.268. The highest BCUT2D eigenvalue weighted by Crippen LogP contribution is 2.50. The quantitative estimate of drug-likeness (QED) is 0.176. The second-order valence-electron chi connectivity index (χ2n) is 10.5. The Labute approximate surface area is 241 Å². The van der Waals surface area contributed by atoms with Crippen LogP contribution in [0.1, 0.15) is 53.1 Å². The van der Waals surface area contributed by atoms with E-state index in [1.54, 1.807) is 0 Å². The topological polar surface area (TPSA) is 42.8 Å². The summed E-state index contributed by atoms with van der Waals surface area (Å²) in [6.07, 6.45) is 7.62. The van der Waals surface area contributed by atoms with Crippen molar-refractivity contribution < 1.29 is 9.47 Å². The fourth-order valence-electron chi connectivity index (χ4n) is 5.76. The van der Waals surface area contributed by atoms with Gasteiger partial charge in [0.25, 0.3) is 0 Å². The van der Waals surface area contributed by atoms with Gasteiger partial charge < -0.3 is 14.8 Å². The standard InChI is InChI=1S/C35H33ClN2O2/c1-3-39-33-20-25(19-31(36)35(33)40-22-24-8-5-4-6-9-24)21-37-27-15-13-26(14-16-27)34-29-11-7-10-28(29)30-18-23(2)12-17-32(30)38-34/h4-10,12-21,28-29,34,38H,3,11,22H2,1-2H3/t28-,29-,34+/m1/s1. The number of benzene rings is 4. The Morgan fingerprint density at radius 2 is 1.80 bits per heavy atom. The Bertz CT molecular complexity index is 1550. The van der Waals surface area contributed by atoms with E-state index in [0.29, 0.717) is 41.6 Å². The van der Waals surface area contributed by atoms with E-state index >= 15 is 0 Å². The van der Waals surface area contributed by atoms with Crippen molar-refractivity contribution in [2.45, 2.75) is 38.8 Å². The van der Waals surface area contributed by atoms with Crippen molar-refractivity contribution in [3.05, 3.63) is 130 Å². The largest absolute Gasteiger partial charge is 0.490 e. The van der Waals surface area contributed by atoms with Crippen LogP contribution in [0.25, 0.3) is 0 Å². The lowest BCUT2D eigenvalue weighted by atomic mass is 9.76. The van der Waals surface area contributed by atoms with Gasteiger partial charge in [-0.15, -0.1) is 0 Å². The zero-order valence-corrected chi connectivity index (χ0v) is 23.6. The maximum atomic E-state index is 6.64. The summed E-state index contributed by atoms with van der Waals surface area (Å²) >= 11 is 6.64. The molecule has 1 heterocycles. The molecule has 5 heteroatoms. The molecule has 0 bridgehead atoms. The first-order valence-corrected chi connectivity index (χ1v) is 14.3. The number of nitrogens with zero attached hydrogens (tertiary/aromatic N) is 1. The first kappa shape index (κ1) is 26.2. The summed E-state index contributed by atoms with van der Waals surface area (Å²) in [6.45, 7) is 5.04. The van der Waals surface area contributed by atoms with Gasteiger partial charge in [0.15, 0.2) is 11.5 Å². The van der Waals surface area contributed by atoms with E-state index in [0.717, 1.165) is 23.2 Å². The van der Waals surface area contributed by atoms with Gasteiger partial charge >= 0.3 is 0 Å². The average molecular weight is 549 g/mol. The Morgan fingerprint density at radius 1 is 0.975 bits per heavy atom. The van der Waals surface area contributed by atoms with E-state index in [-0.39, 0.29) is 6.04 Å². The van der Waals surface area contributed by atoms with Crippen molar-refractivity contribution in [3.63, 3.8) is 0 Å². The van der Waals surface area contributed by atoms with Crippen LogP contribution < -0.4 is 14.8 Å². The molecule has 0 fully saturated rings. The first-order chi connectivity index (χ1) is 19.6. The smallest absolute Gasteiger partial charge is 0.180 e. The predicted molar refractivity (Wildman–Crippen MR) is 165 cm³/mol. The van der Waals surface area contributed by atoms with Crippen LogP contribution in [0.15, 0.2) is 102 Å². The minimum absolute atomic E-state index is 0.268. The van der Waals surface area contributed by atoms with Gasteiger partial charge in [0, 0.05) is 17.8 Å². The molecule has 0 saturated carbocycles. The van der Waals surface area contributed by atoms with E-state index in [9.17, 15) is 0 Å². The third-order valence-electron chi connectivity index (χ3n) is 7.69. The molecule has 4 aromatic rings. The highest BCUT2D eigenvalue weighted by molar-refractivity contribution is 6.32. The third kappa shape index (κ3) is 5.50. The maximum absolute atomic E-state index is 6.64. The molecule has 0 amide bonds. The van der Waals surface area contributed by atoms with Crippen molar-refractivity contribution in [1.82, 2.24) is 0 Å². The summed E-state index contributed by atoms with van der Waals surface area (Å²) in [4.78, 5) is 4.73. The Balaban J connectivity index is 1.18. The van der Waals surface area contributed by atoms with Crippen LogP contribution in [0, 0.1) is 12.8 Å². The number of aliphatic imine (C=N–C) groups is 1. The minimum Gasteiger partial charge on any atom is -0.490 e. The number of ether oxygens (including phenoxy) is 2. The highest BCUT2D eigenvalue weighted by atomic mass is 35.5. The van der Waals surface area contributed by atoms with Crippen LogP contribution in [0.4, 0.5) is 11.4 Å². The summed E-state index contributed by atoms with van der Waals surface area (Å²) in [6, 6.07) is 29.3. The van der Waals surface area contributed by atoms with Gasteiger partial charge in [-0.25, -0.2) is 0 Å². The molecule has 1 aliphatic heterocycles. The molecule has 202 valence electrons. The van der Waals surface area contributed by atoms with Crippen molar-refractivity contribution >= 4 is 29.2 Å². The van der Waals surface area contributed by atoms with E-state index in [1.165, 1.54) is 22.4 Å². The van der Waals surface area contributed by atoms with E-state index in [2.05, 4.69) is 66.9 Å². The van der Waals surface area contributed by atoms with Crippen LogP contribution in [0.5, 0.6) is 11.5 Å². The molecule has 6 rings (SSSR count). The number of hydrogen-bond acceptors (Lipinski definition) is 4. The molecule has 0 saturated heterocycles. The van der Waals surface area contributed by atoms with E-state index < -0.39 is 0 Å². The summed E-state index contributed by atoms with van der Waals surface area (Å²) in [5, 5.41) is 4.32. The van der Waals surface area contributed by atoms with Gasteiger partial charge in [-0.2, -0.15) is 0 Å². The number of aryl methyl sites for hydroxylation is 1. The van der Waals surface area contributed by atoms with Gasteiger partial charge in [-0.3, -0.25) is 4.99 Å². The SMILES string of the molecule is CCOc1cc(C=Nc2ccc([C@@H]3Nc4ccc(C)cc4[C@@H]4C=CC[C@H]43)cc2)cc(Cl)c1OCc1ccccc1. The van der Waals surface area contributed by atoms with Crippen LogP contribution in [-0.4, -0.2) is 12.8 Å². The predicted octanol–water partition coefficient (Wildman–Crippen LogP) is 9.20. The molecular weight excluding hydrogens is 516 g/mol. The molecule has 0 unspecified atom stereocenters. The lowest BCUT2D eigenvalue weighted by Crippen LogP contribution is -2.29. The molecule has 1 N–H and O–H groups in total. The van der Waals surface area contributed by atoms with Crippen molar-refractivity contribution in [2.24, 2.45) is 10.9 Å². The molecule has 0 aromatic heterocycles.